The van der Waals surface area contributed by atoms with E-state index in [1.54, 1.807) is 4.90 Å². The second-order valence-corrected chi connectivity index (χ2v) is 5.18. The smallest absolute Gasteiger partial charge is 0.228 e. The highest BCUT2D eigenvalue weighted by atomic mass is 16.2. The number of hydrogen-bond acceptors (Lipinski definition) is 4. The lowest BCUT2D eigenvalue weighted by Crippen LogP contribution is -2.39. The SMILES string of the molecule is CC(C)N1C[C@@H](C(=O)N(CCC#N)CCC#N)CC1=O. The number of nitriles is 2. The van der Waals surface area contributed by atoms with Gasteiger partial charge in [0.2, 0.25) is 11.8 Å². The molecule has 1 aliphatic heterocycles. The van der Waals surface area contributed by atoms with E-state index in [1.165, 1.54) is 4.90 Å². The normalized spacial score (nSPS) is 17.9. The van der Waals surface area contributed by atoms with Crippen molar-refractivity contribution in [3.63, 3.8) is 0 Å². The summed E-state index contributed by atoms with van der Waals surface area (Å²) in [6.45, 7) is 4.93. The van der Waals surface area contributed by atoms with Crippen LogP contribution in [-0.2, 0) is 9.59 Å². The van der Waals surface area contributed by atoms with E-state index in [1.807, 2.05) is 26.0 Å². The number of nitrogens with zero attached hydrogens (tertiary/aromatic N) is 4. The van der Waals surface area contributed by atoms with Gasteiger partial charge in [-0.25, -0.2) is 0 Å². The summed E-state index contributed by atoms with van der Waals surface area (Å²) in [5.74, 6) is -0.465. The van der Waals surface area contributed by atoms with Crippen molar-refractivity contribution in [2.24, 2.45) is 5.92 Å². The van der Waals surface area contributed by atoms with E-state index < -0.39 is 0 Å². The lowest BCUT2D eigenvalue weighted by molar-refractivity contribution is -0.135. The van der Waals surface area contributed by atoms with Crippen LogP contribution in [-0.4, -0.2) is 47.3 Å². The Morgan fingerprint density at radius 3 is 2.30 bits per heavy atom. The molecule has 0 aromatic rings. The Morgan fingerprint density at radius 1 is 1.35 bits per heavy atom. The highest BCUT2D eigenvalue weighted by molar-refractivity contribution is 5.89. The fraction of sp³-hybridized carbons (Fsp3) is 0.714. The highest BCUT2D eigenvalue weighted by Gasteiger charge is 2.37. The van der Waals surface area contributed by atoms with Crippen LogP contribution in [0.2, 0.25) is 0 Å². The summed E-state index contributed by atoms with van der Waals surface area (Å²) in [5.41, 5.74) is 0. The molecule has 0 radical (unpaired) electrons. The molecule has 0 unspecified atom stereocenters. The molecule has 1 fully saturated rings. The molecule has 1 heterocycles. The Morgan fingerprint density at radius 2 is 1.90 bits per heavy atom. The molecule has 2 amide bonds. The number of rotatable bonds is 6. The Labute approximate surface area is 119 Å². The van der Waals surface area contributed by atoms with Gasteiger partial charge in [-0.05, 0) is 13.8 Å². The Kier molecular flexibility index (Phi) is 5.99. The lowest BCUT2D eigenvalue weighted by atomic mass is 10.1. The third-order valence-corrected chi connectivity index (χ3v) is 3.43. The molecule has 0 aromatic heterocycles. The Hall–Kier alpha value is -2.08. The number of carbonyl (C=O) groups is 2. The molecule has 0 aliphatic carbocycles. The Bertz CT molecular complexity index is 429. The van der Waals surface area contributed by atoms with Crippen LogP contribution in [0.25, 0.3) is 0 Å². The second-order valence-electron chi connectivity index (χ2n) is 5.18. The molecule has 1 rings (SSSR count). The summed E-state index contributed by atoms with van der Waals surface area (Å²) in [6, 6.07) is 4.09. The van der Waals surface area contributed by atoms with Gasteiger partial charge in [-0.15, -0.1) is 0 Å². The maximum atomic E-state index is 12.4. The van der Waals surface area contributed by atoms with Crippen LogP contribution >= 0.6 is 0 Å². The van der Waals surface area contributed by atoms with Gasteiger partial charge in [-0.1, -0.05) is 0 Å². The summed E-state index contributed by atoms with van der Waals surface area (Å²) in [6.07, 6.45) is 0.712. The summed E-state index contributed by atoms with van der Waals surface area (Å²) >= 11 is 0. The van der Waals surface area contributed by atoms with E-state index in [4.69, 9.17) is 10.5 Å². The van der Waals surface area contributed by atoms with Crippen LogP contribution in [0.1, 0.15) is 33.1 Å². The van der Waals surface area contributed by atoms with Gasteiger partial charge in [0.25, 0.3) is 0 Å². The van der Waals surface area contributed by atoms with E-state index in [-0.39, 0.29) is 43.0 Å². The minimum absolute atomic E-state index is 0.00105. The summed E-state index contributed by atoms with van der Waals surface area (Å²) in [5, 5.41) is 17.3. The molecule has 108 valence electrons. The topological polar surface area (TPSA) is 88.2 Å². The first-order valence-corrected chi connectivity index (χ1v) is 6.83. The second kappa shape index (κ2) is 7.49. The van der Waals surface area contributed by atoms with Crippen molar-refractivity contribution in [2.75, 3.05) is 19.6 Å². The molecular weight excluding hydrogens is 256 g/mol. The van der Waals surface area contributed by atoms with Crippen LogP contribution in [0.15, 0.2) is 0 Å². The molecule has 0 aromatic carbocycles. The maximum Gasteiger partial charge on any atom is 0.228 e. The minimum atomic E-state index is -0.345. The van der Waals surface area contributed by atoms with Gasteiger partial charge < -0.3 is 9.80 Å². The molecular formula is C14H20N4O2. The van der Waals surface area contributed by atoms with Crippen LogP contribution in [0.3, 0.4) is 0 Å². The number of hydrogen-bond donors (Lipinski definition) is 0. The summed E-state index contributed by atoms with van der Waals surface area (Å²) < 4.78 is 0. The third-order valence-electron chi connectivity index (χ3n) is 3.43. The highest BCUT2D eigenvalue weighted by Crippen LogP contribution is 2.22. The zero-order valence-electron chi connectivity index (χ0n) is 12.0. The van der Waals surface area contributed by atoms with Gasteiger partial charge in [-0.2, -0.15) is 10.5 Å². The maximum absolute atomic E-state index is 12.4. The monoisotopic (exact) mass is 276 g/mol. The quantitative estimate of drug-likeness (QED) is 0.721. The molecule has 0 N–H and O–H groups in total. The summed E-state index contributed by atoms with van der Waals surface area (Å²) in [7, 11) is 0. The van der Waals surface area contributed by atoms with Crippen LogP contribution in [0.4, 0.5) is 0 Å². The van der Waals surface area contributed by atoms with E-state index >= 15 is 0 Å². The van der Waals surface area contributed by atoms with Crippen molar-refractivity contribution in [2.45, 2.75) is 39.2 Å². The first kappa shape index (κ1) is 16.0. The van der Waals surface area contributed by atoms with E-state index in [9.17, 15) is 9.59 Å². The molecule has 0 saturated carbocycles. The van der Waals surface area contributed by atoms with Crippen molar-refractivity contribution >= 4 is 11.8 Å². The average Bonchev–Trinajstić information content (AvgIpc) is 2.80. The first-order chi connectivity index (χ1) is 9.51. The van der Waals surface area contributed by atoms with Gasteiger partial charge in [0.1, 0.15) is 0 Å². The molecule has 6 nitrogen and oxygen atoms in total. The van der Waals surface area contributed by atoms with Gasteiger partial charge in [0.05, 0.1) is 30.9 Å². The van der Waals surface area contributed by atoms with Crippen LogP contribution in [0, 0.1) is 28.6 Å². The molecule has 1 saturated heterocycles. The number of amides is 2. The van der Waals surface area contributed by atoms with Crippen LogP contribution < -0.4 is 0 Å². The van der Waals surface area contributed by atoms with Gasteiger partial charge in [0.15, 0.2) is 0 Å². The molecule has 20 heavy (non-hydrogen) atoms. The number of likely N-dealkylation sites (tertiary alicyclic amines) is 1. The molecule has 0 spiro atoms. The van der Waals surface area contributed by atoms with Crippen LogP contribution in [0.5, 0.6) is 0 Å². The molecule has 1 atom stereocenters. The summed E-state index contributed by atoms with van der Waals surface area (Å²) in [4.78, 5) is 27.5. The number of carbonyl (C=O) groups excluding carboxylic acids is 2. The average molecular weight is 276 g/mol. The standard InChI is InChI=1S/C14H20N4O2/c1-11(2)18-10-12(9-13(18)19)14(20)17(7-3-5-15)8-4-6-16/h11-12H,3-4,7-10H2,1-2H3/t12-/m0/s1. The van der Waals surface area contributed by atoms with Crippen molar-refractivity contribution < 1.29 is 9.59 Å². The minimum Gasteiger partial charge on any atom is -0.340 e. The largest absolute Gasteiger partial charge is 0.340 e. The van der Waals surface area contributed by atoms with Crippen molar-refractivity contribution in [1.29, 1.82) is 10.5 Å². The van der Waals surface area contributed by atoms with Crippen molar-refractivity contribution in [3.8, 4) is 12.1 Å². The van der Waals surface area contributed by atoms with Crippen molar-refractivity contribution in [3.05, 3.63) is 0 Å². The third kappa shape index (κ3) is 3.96. The molecule has 1 aliphatic rings. The van der Waals surface area contributed by atoms with E-state index in [2.05, 4.69) is 0 Å². The van der Waals surface area contributed by atoms with Gasteiger partial charge in [0, 0.05) is 32.1 Å². The van der Waals surface area contributed by atoms with E-state index in [0.717, 1.165) is 0 Å². The Balaban J connectivity index is 2.68. The zero-order valence-corrected chi connectivity index (χ0v) is 12.0. The first-order valence-electron chi connectivity index (χ1n) is 6.83. The predicted molar refractivity (Wildman–Crippen MR) is 72.0 cm³/mol. The molecule has 0 bridgehead atoms. The zero-order chi connectivity index (χ0) is 15.1. The van der Waals surface area contributed by atoms with Gasteiger partial charge >= 0.3 is 0 Å². The van der Waals surface area contributed by atoms with E-state index in [0.29, 0.717) is 19.6 Å². The fourth-order valence-electron chi connectivity index (χ4n) is 2.36. The predicted octanol–water partition coefficient (Wildman–Crippen LogP) is 0.899. The lowest BCUT2D eigenvalue weighted by Gasteiger charge is -2.25. The van der Waals surface area contributed by atoms with Gasteiger partial charge in [-0.3, -0.25) is 9.59 Å². The fourth-order valence-corrected chi connectivity index (χ4v) is 2.36. The van der Waals surface area contributed by atoms with Crippen molar-refractivity contribution in [1.82, 2.24) is 9.80 Å². The molecule has 6 heteroatoms.